The van der Waals surface area contributed by atoms with E-state index in [4.69, 9.17) is 10.2 Å². The van der Waals surface area contributed by atoms with Crippen molar-refractivity contribution < 1.29 is 19.9 Å². The Morgan fingerprint density at radius 3 is 2.70 bits per heavy atom. The molecule has 2 aromatic rings. The second kappa shape index (κ2) is 6.52. The number of carboxylic acid groups (broad SMARTS) is 1. The number of pyridine rings is 1. The molecule has 3 N–H and O–H groups in total. The number of quaternary nitrogens is 1. The zero-order chi connectivity index (χ0) is 16.4. The van der Waals surface area contributed by atoms with Crippen LogP contribution in [-0.4, -0.2) is 60.5 Å². The molecule has 2 heterocycles. The standard InChI is InChI=1S/C17H21N3O3/c1-12-10-16(20-6-4-19(5-7-20)8-9-21)14-3-2-13(17(22)23)11-15(14)18-12/h2-3,10-11,21H,4-9H2,1H3,(H,22,23)/p+1. The summed E-state index contributed by atoms with van der Waals surface area (Å²) < 4.78 is 0. The predicted octanol–water partition coefficient (Wildman–Crippen LogP) is -0.0614. The van der Waals surface area contributed by atoms with Crippen LogP contribution in [0.4, 0.5) is 5.69 Å². The number of nitrogens with zero attached hydrogens (tertiary/aromatic N) is 2. The predicted molar refractivity (Wildman–Crippen MR) is 88.3 cm³/mol. The molecule has 0 aliphatic carbocycles. The average molecular weight is 316 g/mol. The van der Waals surface area contributed by atoms with Crippen LogP contribution in [0.2, 0.25) is 0 Å². The van der Waals surface area contributed by atoms with Gasteiger partial charge in [0.1, 0.15) is 6.54 Å². The monoisotopic (exact) mass is 316 g/mol. The quantitative estimate of drug-likeness (QED) is 0.736. The van der Waals surface area contributed by atoms with Crippen molar-refractivity contribution in [2.24, 2.45) is 0 Å². The minimum Gasteiger partial charge on any atom is -0.478 e. The molecular formula is C17H22N3O3+. The number of aromatic carboxylic acids is 1. The molecule has 1 saturated heterocycles. The molecule has 1 aromatic carbocycles. The number of aliphatic hydroxyl groups is 1. The van der Waals surface area contributed by atoms with E-state index in [9.17, 15) is 4.79 Å². The van der Waals surface area contributed by atoms with Gasteiger partial charge >= 0.3 is 5.97 Å². The number of aliphatic hydroxyl groups excluding tert-OH is 1. The fourth-order valence-electron chi connectivity index (χ4n) is 3.21. The molecule has 122 valence electrons. The van der Waals surface area contributed by atoms with Crippen molar-refractivity contribution in [2.75, 3.05) is 44.2 Å². The van der Waals surface area contributed by atoms with Crippen molar-refractivity contribution in [3.63, 3.8) is 0 Å². The fraction of sp³-hybridized carbons (Fsp3) is 0.412. The molecule has 0 unspecified atom stereocenters. The lowest BCUT2D eigenvalue weighted by atomic mass is 10.1. The topological polar surface area (TPSA) is 78.1 Å². The maximum atomic E-state index is 11.2. The highest BCUT2D eigenvalue weighted by molar-refractivity contribution is 5.97. The van der Waals surface area contributed by atoms with E-state index in [0.717, 1.165) is 55.0 Å². The van der Waals surface area contributed by atoms with Crippen molar-refractivity contribution >= 4 is 22.6 Å². The van der Waals surface area contributed by atoms with Crippen LogP contribution >= 0.6 is 0 Å². The normalized spacial score (nSPS) is 16.0. The summed E-state index contributed by atoms with van der Waals surface area (Å²) in [6, 6.07) is 7.20. The van der Waals surface area contributed by atoms with Crippen LogP contribution < -0.4 is 9.80 Å². The van der Waals surface area contributed by atoms with E-state index >= 15 is 0 Å². The smallest absolute Gasteiger partial charge is 0.335 e. The first kappa shape index (κ1) is 15.7. The molecule has 1 aliphatic heterocycles. The van der Waals surface area contributed by atoms with Crippen LogP contribution in [0.25, 0.3) is 10.9 Å². The van der Waals surface area contributed by atoms with E-state index in [1.54, 1.807) is 12.1 Å². The molecule has 6 heteroatoms. The van der Waals surface area contributed by atoms with Gasteiger partial charge in [0.25, 0.3) is 0 Å². The van der Waals surface area contributed by atoms with Gasteiger partial charge in [-0.25, -0.2) is 4.79 Å². The zero-order valence-electron chi connectivity index (χ0n) is 13.2. The van der Waals surface area contributed by atoms with E-state index in [0.29, 0.717) is 0 Å². The van der Waals surface area contributed by atoms with Gasteiger partial charge in [-0.3, -0.25) is 4.98 Å². The largest absolute Gasteiger partial charge is 0.478 e. The minimum atomic E-state index is -0.932. The summed E-state index contributed by atoms with van der Waals surface area (Å²) in [4.78, 5) is 19.4. The summed E-state index contributed by atoms with van der Waals surface area (Å²) in [7, 11) is 0. The van der Waals surface area contributed by atoms with Crippen molar-refractivity contribution in [3.8, 4) is 0 Å². The van der Waals surface area contributed by atoms with Gasteiger partial charge in [-0.1, -0.05) is 0 Å². The second-order valence-corrected chi connectivity index (χ2v) is 6.03. The number of aromatic nitrogens is 1. The van der Waals surface area contributed by atoms with Gasteiger partial charge < -0.3 is 20.0 Å². The van der Waals surface area contributed by atoms with E-state index in [-0.39, 0.29) is 12.2 Å². The van der Waals surface area contributed by atoms with Gasteiger partial charge in [0.05, 0.1) is 43.9 Å². The number of rotatable bonds is 4. The summed E-state index contributed by atoms with van der Waals surface area (Å²) in [6.07, 6.45) is 0. The Hall–Kier alpha value is -2.18. The number of hydrogen-bond acceptors (Lipinski definition) is 4. The number of fused-ring (bicyclic) bond motifs is 1. The lowest BCUT2D eigenvalue weighted by Crippen LogP contribution is -3.15. The number of carbonyl (C=O) groups is 1. The first-order valence-corrected chi connectivity index (χ1v) is 7.92. The Labute approximate surface area is 135 Å². The SMILES string of the molecule is Cc1cc(N2CC[NH+](CCO)CC2)c2ccc(C(=O)O)cc2n1. The average Bonchev–Trinajstić information content (AvgIpc) is 2.54. The molecule has 23 heavy (non-hydrogen) atoms. The maximum absolute atomic E-state index is 11.2. The Balaban J connectivity index is 1.93. The van der Waals surface area contributed by atoms with E-state index < -0.39 is 5.97 Å². The number of benzene rings is 1. The Morgan fingerprint density at radius 2 is 2.04 bits per heavy atom. The van der Waals surface area contributed by atoms with Crippen LogP contribution in [0.15, 0.2) is 24.3 Å². The third kappa shape index (κ3) is 3.28. The van der Waals surface area contributed by atoms with Crippen molar-refractivity contribution in [1.29, 1.82) is 0 Å². The highest BCUT2D eigenvalue weighted by Gasteiger charge is 2.21. The molecule has 1 aromatic heterocycles. The second-order valence-electron chi connectivity index (χ2n) is 6.03. The number of piperazine rings is 1. The highest BCUT2D eigenvalue weighted by atomic mass is 16.4. The Kier molecular flexibility index (Phi) is 4.45. The maximum Gasteiger partial charge on any atom is 0.335 e. The summed E-state index contributed by atoms with van der Waals surface area (Å²) in [5, 5.41) is 19.2. The number of hydrogen-bond donors (Lipinski definition) is 3. The zero-order valence-corrected chi connectivity index (χ0v) is 13.2. The summed E-state index contributed by atoms with van der Waals surface area (Å²) in [5.74, 6) is -0.932. The van der Waals surface area contributed by atoms with E-state index in [2.05, 4.69) is 16.0 Å². The Bertz CT molecular complexity index is 724. The van der Waals surface area contributed by atoms with Gasteiger partial charge in [-0.15, -0.1) is 0 Å². The third-order valence-electron chi connectivity index (χ3n) is 4.44. The molecule has 0 spiro atoms. The molecule has 6 nitrogen and oxygen atoms in total. The first-order valence-electron chi connectivity index (χ1n) is 7.92. The van der Waals surface area contributed by atoms with Crippen LogP contribution in [0, 0.1) is 6.92 Å². The van der Waals surface area contributed by atoms with Crippen LogP contribution in [-0.2, 0) is 0 Å². The van der Waals surface area contributed by atoms with E-state index in [1.165, 1.54) is 4.90 Å². The number of carboxylic acids is 1. The minimum absolute atomic E-state index is 0.227. The van der Waals surface area contributed by atoms with Gasteiger partial charge in [-0.2, -0.15) is 0 Å². The molecule has 1 aliphatic rings. The lowest BCUT2D eigenvalue weighted by molar-refractivity contribution is -0.900. The van der Waals surface area contributed by atoms with E-state index in [1.807, 2.05) is 13.0 Å². The Morgan fingerprint density at radius 1 is 1.30 bits per heavy atom. The summed E-state index contributed by atoms with van der Waals surface area (Å²) in [5.41, 5.74) is 3.00. The molecule has 0 amide bonds. The number of aryl methyl sites for hydroxylation is 1. The van der Waals surface area contributed by atoms with Crippen LogP contribution in [0.1, 0.15) is 16.1 Å². The van der Waals surface area contributed by atoms with Gasteiger partial charge in [0.15, 0.2) is 0 Å². The summed E-state index contributed by atoms with van der Waals surface area (Å²) in [6.45, 7) is 6.80. The fourth-order valence-corrected chi connectivity index (χ4v) is 3.21. The third-order valence-corrected chi connectivity index (χ3v) is 4.44. The molecule has 0 saturated carbocycles. The molecule has 3 rings (SSSR count). The summed E-state index contributed by atoms with van der Waals surface area (Å²) >= 11 is 0. The molecular weight excluding hydrogens is 294 g/mol. The highest BCUT2D eigenvalue weighted by Crippen LogP contribution is 2.27. The molecule has 0 atom stereocenters. The van der Waals surface area contributed by atoms with Crippen molar-refractivity contribution in [3.05, 3.63) is 35.5 Å². The van der Waals surface area contributed by atoms with Gasteiger partial charge in [-0.05, 0) is 31.2 Å². The molecule has 0 bridgehead atoms. The number of nitrogens with one attached hydrogen (secondary N) is 1. The van der Waals surface area contributed by atoms with Crippen molar-refractivity contribution in [2.45, 2.75) is 6.92 Å². The van der Waals surface area contributed by atoms with Crippen molar-refractivity contribution in [1.82, 2.24) is 4.98 Å². The molecule has 0 radical (unpaired) electrons. The van der Waals surface area contributed by atoms with Gasteiger partial charge in [0, 0.05) is 16.8 Å². The first-order chi connectivity index (χ1) is 11.1. The molecule has 1 fully saturated rings. The number of anilines is 1. The van der Waals surface area contributed by atoms with Gasteiger partial charge in [0.2, 0.25) is 0 Å². The van der Waals surface area contributed by atoms with Crippen LogP contribution in [0.5, 0.6) is 0 Å². The lowest BCUT2D eigenvalue weighted by Gasteiger charge is -2.34. The van der Waals surface area contributed by atoms with Crippen LogP contribution in [0.3, 0.4) is 0 Å².